The van der Waals surface area contributed by atoms with Crippen molar-refractivity contribution in [3.8, 4) is 5.69 Å². The summed E-state index contributed by atoms with van der Waals surface area (Å²) < 4.78 is 14.9. The van der Waals surface area contributed by atoms with Gasteiger partial charge in [0.2, 0.25) is 5.91 Å². The van der Waals surface area contributed by atoms with E-state index in [9.17, 15) is 18.8 Å². The highest BCUT2D eigenvalue weighted by molar-refractivity contribution is 6.09. The number of carbonyl (C=O) groups is 3. The lowest BCUT2D eigenvalue weighted by Crippen LogP contribution is -2.43. The highest BCUT2D eigenvalue weighted by atomic mass is 19.1. The highest BCUT2D eigenvalue weighted by Crippen LogP contribution is 2.29. The van der Waals surface area contributed by atoms with Crippen molar-refractivity contribution in [1.29, 1.82) is 0 Å². The minimum atomic E-state index is -1.23. The molecule has 2 aromatic carbocycles. The van der Waals surface area contributed by atoms with E-state index in [1.165, 1.54) is 12.1 Å². The van der Waals surface area contributed by atoms with Crippen molar-refractivity contribution in [3.63, 3.8) is 0 Å². The number of amides is 4. The third-order valence-electron chi connectivity index (χ3n) is 6.17. The Bertz CT molecular complexity index is 1250. The van der Waals surface area contributed by atoms with E-state index in [0.29, 0.717) is 11.3 Å². The Morgan fingerprint density at radius 2 is 1.76 bits per heavy atom. The molecular formula is C25H26FN5O3. The van der Waals surface area contributed by atoms with Gasteiger partial charge in [-0.15, -0.1) is 0 Å². The molecule has 2 N–H and O–H groups in total. The summed E-state index contributed by atoms with van der Waals surface area (Å²) in [5, 5.41) is 9.88. The van der Waals surface area contributed by atoms with Gasteiger partial charge in [0, 0.05) is 11.3 Å². The van der Waals surface area contributed by atoms with Crippen molar-refractivity contribution in [2.75, 3.05) is 6.54 Å². The van der Waals surface area contributed by atoms with E-state index in [2.05, 4.69) is 15.7 Å². The number of hydrogen-bond donors (Lipinski definition) is 2. The number of benzene rings is 2. The molecule has 1 aliphatic heterocycles. The molecule has 0 saturated carbocycles. The Labute approximate surface area is 196 Å². The van der Waals surface area contributed by atoms with E-state index in [1.807, 2.05) is 26.0 Å². The molecule has 34 heavy (non-hydrogen) atoms. The normalized spacial score (nSPS) is 18.7. The van der Waals surface area contributed by atoms with Crippen molar-refractivity contribution >= 4 is 17.8 Å². The van der Waals surface area contributed by atoms with Crippen LogP contribution in [0.4, 0.5) is 9.18 Å². The number of imide groups is 1. The maximum Gasteiger partial charge on any atom is 0.325 e. The Hall–Kier alpha value is -4.01. The summed E-state index contributed by atoms with van der Waals surface area (Å²) in [7, 11) is 0. The van der Waals surface area contributed by atoms with Gasteiger partial charge in [0.1, 0.15) is 17.9 Å². The van der Waals surface area contributed by atoms with Gasteiger partial charge < -0.3 is 10.6 Å². The number of carbonyl (C=O) groups excluding carboxylic acids is 3. The zero-order valence-electron chi connectivity index (χ0n) is 19.4. The molecule has 0 radical (unpaired) electrons. The number of nitrogens with zero attached hydrogens (tertiary/aromatic N) is 3. The van der Waals surface area contributed by atoms with E-state index >= 15 is 0 Å². The monoisotopic (exact) mass is 463 g/mol. The van der Waals surface area contributed by atoms with Crippen LogP contribution in [0.5, 0.6) is 0 Å². The van der Waals surface area contributed by atoms with Crippen LogP contribution in [0.3, 0.4) is 0 Å². The molecule has 8 nitrogen and oxygen atoms in total. The van der Waals surface area contributed by atoms with Gasteiger partial charge in [0.25, 0.3) is 5.91 Å². The Morgan fingerprint density at radius 1 is 1.12 bits per heavy atom. The fourth-order valence-electron chi connectivity index (χ4n) is 4.12. The number of rotatable bonds is 6. The molecule has 1 aliphatic rings. The quantitative estimate of drug-likeness (QED) is 0.549. The van der Waals surface area contributed by atoms with Crippen molar-refractivity contribution in [1.82, 2.24) is 25.3 Å². The topological polar surface area (TPSA) is 96.3 Å². The Balaban J connectivity index is 1.44. The largest absolute Gasteiger partial charge is 0.348 e. The average molecular weight is 464 g/mol. The highest BCUT2D eigenvalue weighted by Gasteiger charge is 2.49. The minimum absolute atomic E-state index is 0.339. The molecule has 1 saturated heterocycles. The molecule has 4 rings (SSSR count). The molecule has 176 valence electrons. The SMILES string of the molecule is Cc1ccc(C2(C)NC(=O)N(CC(=O)NC(C)c3cnn(-c4ccc(F)cc4)c3C)C2=O)cc1. The smallest absolute Gasteiger partial charge is 0.325 e. The molecule has 4 amide bonds. The molecule has 3 aromatic rings. The van der Waals surface area contributed by atoms with Gasteiger partial charge in [-0.3, -0.25) is 14.5 Å². The fourth-order valence-corrected chi connectivity index (χ4v) is 4.12. The molecule has 0 aliphatic carbocycles. The Morgan fingerprint density at radius 3 is 2.41 bits per heavy atom. The second-order valence-electron chi connectivity index (χ2n) is 8.68. The van der Waals surface area contributed by atoms with E-state index < -0.39 is 36.0 Å². The van der Waals surface area contributed by atoms with Crippen LogP contribution in [0.2, 0.25) is 0 Å². The van der Waals surface area contributed by atoms with Crippen LogP contribution in [0, 0.1) is 19.7 Å². The lowest BCUT2D eigenvalue weighted by Gasteiger charge is -2.22. The van der Waals surface area contributed by atoms with Gasteiger partial charge in [0.05, 0.1) is 17.9 Å². The van der Waals surface area contributed by atoms with Gasteiger partial charge in [-0.1, -0.05) is 29.8 Å². The van der Waals surface area contributed by atoms with Crippen LogP contribution >= 0.6 is 0 Å². The summed E-state index contributed by atoms with van der Waals surface area (Å²) in [4.78, 5) is 39.3. The summed E-state index contributed by atoms with van der Waals surface area (Å²) in [5.74, 6) is -1.30. The predicted molar refractivity (Wildman–Crippen MR) is 124 cm³/mol. The van der Waals surface area contributed by atoms with Gasteiger partial charge in [-0.05, 0) is 57.5 Å². The van der Waals surface area contributed by atoms with Gasteiger partial charge in [-0.2, -0.15) is 5.10 Å². The molecule has 2 atom stereocenters. The number of aromatic nitrogens is 2. The summed E-state index contributed by atoms with van der Waals surface area (Å²) in [5.41, 5.74) is 2.69. The molecule has 9 heteroatoms. The Kier molecular flexibility index (Phi) is 5.95. The second-order valence-corrected chi connectivity index (χ2v) is 8.68. The number of aryl methyl sites for hydroxylation is 1. The zero-order chi connectivity index (χ0) is 24.6. The molecular weight excluding hydrogens is 437 g/mol. The van der Waals surface area contributed by atoms with Crippen LogP contribution < -0.4 is 10.6 Å². The molecule has 2 unspecified atom stereocenters. The maximum absolute atomic E-state index is 13.2. The second kappa shape index (κ2) is 8.74. The number of halogens is 1. The van der Waals surface area contributed by atoms with Crippen molar-refractivity contribution in [2.24, 2.45) is 0 Å². The molecule has 1 aromatic heterocycles. The molecule has 0 spiro atoms. The van der Waals surface area contributed by atoms with E-state index in [1.54, 1.807) is 49.0 Å². The average Bonchev–Trinajstić information content (AvgIpc) is 3.28. The van der Waals surface area contributed by atoms with E-state index in [4.69, 9.17) is 0 Å². The fraction of sp³-hybridized carbons (Fsp3) is 0.280. The minimum Gasteiger partial charge on any atom is -0.348 e. The maximum atomic E-state index is 13.2. The van der Waals surface area contributed by atoms with Gasteiger partial charge in [0.15, 0.2) is 0 Å². The summed E-state index contributed by atoms with van der Waals surface area (Å²) in [6.45, 7) is 6.80. The van der Waals surface area contributed by atoms with Crippen LogP contribution in [0.15, 0.2) is 54.7 Å². The third-order valence-corrected chi connectivity index (χ3v) is 6.17. The summed E-state index contributed by atoms with van der Waals surface area (Å²) in [6.07, 6.45) is 1.63. The van der Waals surface area contributed by atoms with Crippen LogP contribution in [-0.2, 0) is 15.1 Å². The van der Waals surface area contributed by atoms with Crippen molar-refractivity contribution in [3.05, 3.63) is 82.9 Å². The zero-order valence-corrected chi connectivity index (χ0v) is 19.4. The van der Waals surface area contributed by atoms with Gasteiger partial charge in [-0.25, -0.2) is 13.9 Å². The van der Waals surface area contributed by atoms with Crippen LogP contribution in [0.25, 0.3) is 5.69 Å². The lowest BCUT2D eigenvalue weighted by atomic mass is 9.91. The first-order valence-corrected chi connectivity index (χ1v) is 10.9. The number of nitrogens with one attached hydrogen (secondary N) is 2. The first-order chi connectivity index (χ1) is 16.1. The molecule has 2 heterocycles. The third kappa shape index (κ3) is 4.16. The first-order valence-electron chi connectivity index (χ1n) is 10.9. The standard InChI is InChI=1S/C25H26FN5O3/c1-15-5-7-18(8-6-15)25(4)23(33)30(24(34)29-25)14-22(32)28-16(2)21-13-27-31(17(21)3)20-11-9-19(26)10-12-20/h5-13,16H,14H2,1-4H3,(H,28,32)(H,29,34). The predicted octanol–water partition coefficient (Wildman–Crippen LogP) is 3.27. The number of hydrogen-bond acceptors (Lipinski definition) is 4. The van der Waals surface area contributed by atoms with E-state index in [-0.39, 0.29) is 5.82 Å². The van der Waals surface area contributed by atoms with Crippen molar-refractivity contribution in [2.45, 2.75) is 39.3 Å². The lowest BCUT2D eigenvalue weighted by molar-refractivity contribution is -0.135. The summed E-state index contributed by atoms with van der Waals surface area (Å²) >= 11 is 0. The van der Waals surface area contributed by atoms with E-state index in [0.717, 1.165) is 21.7 Å². The van der Waals surface area contributed by atoms with Gasteiger partial charge >= 0.3 is 6.03 Å². The van der Waals surface area contributed by atoms with Crippen LogP contribution in [-0.4, -0.2) is 39.1 Å². The van der Waals surface area contributed by atoms with Crippen molar-refractivity contribution < 1.29 is 18.8 Å². The van der Waals surface area contributed by atoms with Crippen LogP contribution in [0.1, 0.15) is 42.3 Å². The number of urea groups is 1. The summed E-state index contributed by atoms with van der Waals surface area (Å²) in [6, 6.07) is 12.2. The molecule has 1 fully saturated rings. The molecule has 0 bridgehead atoms. The first kappa shape index (κ1) is 23.2.